The summed E-state index contributed by atoms with van der Waals surface area (Å²) in [5.74, 6) is 1.57. The van der Waals surface area contributed by atoms with Crippen molar-refractivity contribution >= 4 is 21.7 Å². The minimum absolute atomic E-state index is 0.275. The van der Waals surface area contributed by atoms with Crippen LogP contribution in [0.3, 0.4) is 0 Å². The van der Waals surface area contributed by atoms with Crippen LogP contribution in [0.25, 0.3) is 21.3 Å². The molecule has 0 amide bonds. The molecule has 4 rings (SSSR count). The van der Waals surface area contributed by atoms with Crippen LogP contribution in [0.5, 0.6) is 11.5 Å². The number of fused-ring (bicyclic) bond motifs is 2. The van der Waals surface area contributed by atoms with Gasteiger partial charge in [0.15, 0.2) is 11.5 Å². The summed E-state index contributed by atoms with van der Waals surface area (Å²) in [5, 5.41) is 4.19. The molecule has 0 N–H and O–H groups in total. The Kier molecular flexibility index (Phi) is 2.01. The lowest BCUT2D eigenvalue weighted by Crippen LogP contribution is -1.93. The zero-order chi connectivity index (χ0) is 11.9. The fourth-order valence-electron chi connectivity index (χ4n) is 2.16. The number of nitrogens with zero attached hydrogens (tertiary/aromatic N) is 2. The molecule has 5 heteroatoms. The minimum atomic E-state index is 0.275. The smallest absolute Gasteiger partial charge is 0.231 e. The average Bonchev–Trinajstić information content (AvgIpc) is 3.06. The molecule has 0 unspecified atom stereocenters. The van der Waals surface area contributed by atoms with E-state index >= 15 is 0 Å². The molecule has 0 fully saturated rings. The Morgan fingerprint density at radius 1 is 1.00 bits per heavy atom. The van der Waals surface area contributed by atoms with Gasteiger partial charge < -0.3 is 9.47 Å². The summed E-state index contributed by atoms with van der Waals surface area (Å²) in [6, 6.07) is 11.9. The highest BCUT2D eigenvalue weighted by Gasteiger charge is 2.20. The van der Waals surface area contributed by atoms with Gasteiger partial charge in [-0.05, 0) is 23.7 Å². The summed E-state index contributed by atoms with van der Waals surface area (Å²) >= 11 is 1.40. The van der Waals surface area contributed by atoms with Crippen LogP contribution in [0.4, 0.5) is 0 Å². The molecule has 0 bridgehead atoms. The van der Waals surface area contributed by atoms with E-state index in [2.05, 4.69) is 9.59 Å². The molecule has 1 aromatic heterocycles. The molecule has 1 aliphatic rings. The Hall–Kier alpha value is -2.14. The first kappa shape index (κ1) is 9.85. The lowest BCUT2D eigenvalue weighted by atomic mass is 10.0. The molecule has 4 nitrogen and oxygen atoms in total. The average molecular weight is 256 g/mol. The maximum atomic E-state index is 5.54. The second kappa shape index (κ2) is 3.68. The van der Waals surface area contributed by atoms with Gasteiger partial charge in [-0.15, -0.1) is 5.10 Å². The summed E-state index contributed by atoms with van der Waals surface area (Å²) < 4.78 is 16.0. The molecule has 0 aliphatic carbocycles. The van der Waals surface area contributed by atoms with Gasteiger partial charge in [0, 0.05) is 11.1 Å². The summed E-state index contributed by atoms with van der Waals surface area (Å²) in [6.45, 7) is 0.275. The highest BCUT2D eigenvalue weighted by atomic mass is 32.1. The molecule has 0 atom stereocenters. The zero-order valence-corrected chi connectivity index (χ0v) is 10.1. The largest absolute Gasteiger partial charge is 0.454 e. The van der Waals surface area contributed by atoms with E-state index in [1.54, 1.807) is 0 Å². The molecule has 2 heterocycles. The van der Waals surface area contributed by atoms with E-state index in [9.17, 15) is 0 Å². The van der Waals surface area contributed by atoms with Crippen molar-refractivity contribution in [2.75, 3.05) is 6.79 Å². The van der Waals surface area contributed by atoms with Gasteiger partial charge in [0.05, 0.1) is 4.70 Å². The Bertz CT molecular complexity index is 739. The van der Waals surface area contributed by atoms with E-state index in [0.29, 0.717) is 0 Å². The van der Waals surface area contributed by atoms with Crippen LogP contribution in [0.1, 0.15) is 0 Å². The normalized spacial score (nSPS) is 13.1. The Balaban J connectivity index is 2.03. The third-order valence-corrected chi connectivity index (χ3v) is 3.66. The van der Waals surface area contributed by atoms with Crippen LogP contribution in [0, 0.1) is 0 Å². The third kappa shape index (κ3) is 1.31. The second-order valence-electron chi connectivity index (χ2n) is 3.96. The van der Waals surface area contributed by atoms with Crippen molar-refractivity contribution in [2.45, 2.75) is 0 Å². The first-order valence-corrected chi connectivity index (χ1v) is 6.31. The van der Waals surface area contributed by atoms with Gasteiger partial charge in [-0.25, -0.2) is 0 Å². The monoisotopic (exact) mass is 256 g/mol. The predicted octanol–water partition coefficient (Wildman–Crippen LogP) is 3.09. The quantitative estimate of drug-likeness (QED) is 0.671. The van der Waals surface area contributed by atoms with Crippen LogP contribution in [-0.2, 0) is 0 Å². The van der Waals surface area contributed by atoms with Crippen LogP contribution in [0.15, 0.2) is 36.4 Å². The van der Waals surface area contributed by atoms with Crippen LogP contribution >= 0.6 is 11.5 Å². The van der Waals surface area contributed by atoms with E-state index in [4.69, 9.17) is 9.47 Å². The van der Waals surface area contributed by atoms with Crippen LogP contribution in [0.2, 0.25) is 0 Å². The number of hydrogen-bond donors (Lipinski definition) is 0. The van der Waals surface area contributed by atoms with Crippen molar-refractivity contribution in [3.63, 3.8) is 0 Å². The van der Waals surface area contributed by atoms with Gasteiger partial charge in [-0.3, -0.25) is 0 Å². The molecular weight excluding hydrogens is 248 g/mol. The SMILES string of the molecule is c1cc2c(c(-c3cccc4snnc34)c1)OCO2. The number of ether oxygens (including phenoxy) is 2. The molecule has 0 saturated carbocycles. The maximum Gasteiger partial charge on any atom is 0.231 e. The van der Waals surface area contributed by atoms with Gasteiger partial charge >= 0.3 is 0 Å². The van der Waals surface area contributed by atoms with Crippen molar-refractivity contribution in [3.8, 4) is 22.6 Å². The van der Waals surface area contributed by atoms with E-state index in [1.165, 1.54) is 11.5 Å². The third-order valence-electron chi connectivity index (χ3n) is 2.97. The van der Waals surface area contributed by atoms with E-state index in [-0.39, 0.29) is 6.79 Å². The van der Waals surface area contributed by atoms with Gasteiger partial charge in [-0.2, -0.15) is 0 Å². The summed E-state index contributed by atoms with van der Waals surface area (Å²) in [7, 11) is 0. The van der Waals surface area contributed by atoms with Crippen molar-refractivity contribution in [3.05, 3.63) is 36.4 Å². The molecule has 0 saturated heterocycles. The lowest BCUT2D eigenvalue weighted by Gasteiger charge is -2.06. The van der Waals surface area contributed by atoms with Crippen molar-refractivity contribution in [1.29, 1.82) is 0 Å². The number of hydrogen-bond acceptors (Lipinski definition) is 5. The second-order valence-corrected chi connectivity index (χ2v) is 4.75. The molecular formula is C13H8N2O2S. The fraction of sp³-hybridized carbons (Fsp3) is 0.0769. The van der Waals surface area contributed by atoms with Gasteiger partial charge in [0.25, 0.3) is 0 Å². The van der Waals surface area contributed by atoms with Crippen molar-refractivity contribution in [1.82, 2.24) is 9.59 Å². The molecule has 0 spiro atoms. The Morgan fingerprint density at radius 2 is 1.89 bits per heavy atom. The number of aromatic nitrogens is 2. The Morgan fingerprint density at radius 3 is 2.89 bits per heavy atom. The number of para-hydroxylation sites is 1. The first-order chi connectivity index (χ1) is 8.93. The topological polar surface area (TPSA) is 44.2 Å². The molecule has 88 valence electrons. The van der Waals surface area contributed by atoms with Crippen LogP contribution < -0.4 is 9.47 Å². The Labute approximate surface area is 107 Å². The standard InChI is InChI=1S/C13H8N2O2S/c1-4-9(13-10(5-1)16-7-17-13)8-3-2-6-11-12(8)14-15-18-11/h1-6H,7H2. The van der Waals surface area contributed by atoms with Gasteiger partial charge in [0.2, 0.25) is 6.79 Å². The highest BCUT2D eigenvalue weighted by molar-refractivity contribution is 7.13. The zero-order valence-electron chi connectivity index (χ0n) is 9.29. The predicted molar refractivity (Wildman–Crippen MR) is 69.0 cm³/mol. The highest BCUT2D eigenvalue weighted by Crippen LogP contribution is 2.42. The van der Waals surface area contributed by atoms with E-state index < -0.39 is 0 Å². The van der Waals surface area contributed by atoms with Crippen molar-refractivity contribution in [2.24, 2.45) is 0 Å². The molecule has 1 aliphatic heterocycles. The summed E-state index contributed by atoms with van der Waals surface area (Å²) in [6.07, 6.45) is 0. The summed E-state index contributed by atoms with van der Waals surface area (Å²) in [4.78, 5) is 0. The first-order valence-electron chi connectivity index (χ1n) is 5.53. The minimum Gasteiger partial charge on any atom is -0.454 e. The van der Waals surface area contributed by atoms with Gasteiger partial charge in [0.1, 0.15) is 5.52 Å². The molecule has 2 aromatic carbocycles. The lowest BCUT2D eigenvalue weighted by molar-refractivity contribution is 0.174. The van der Waals surface area contributed by atoms with E-state index in [0.717, 1.165) is 32.8 Å². The fourth-order valence-corrected chi connectivity index (χ4v) is 2.75. The maximum absolute atomic E-state index is 5.54. The van der Waals surface area contributed by atoms with E-state index in [1.807, 2.05) is 36.4 Å². The van der Waals surface area contributed by atoms with Gasteiger partial charge in [-0.1, -0.05) is 28.8 Å². The summed E-state index contributed by atoms with van der Waals surface area (Å²) in [5.41, 5.74) is 2.94. The van der Waals surface area contributed by atoms with Crippen LogP contribution in [-0.4, -0.2) is 16.4 Å². The molecule has 3 aromatic rings. The van der Waals surface area contributed by atoms with Crippen molar-refractivity contribution < 1.29 is 9.47 Å². The molecule has 0 radical (unpaired) electrons. The molecule has 18 heavy (non-hydrogen) atoms. The number of benzene rings is 2. The number of rotatable bonds is 1.